The molecule has 0 amide bonds. The summed E-state index contributed by atoms with van der Waals surface area (Å²) in [6.07, 6.45) is 3.36. The van der Waals surface area contributed by atoms with Gasteiger partial charge in [-0.2, -0.15) is 10.1 Å². The van der Waals surface area contributed by atoms with Gasteiger partial charge < -0.3 is 9.30 Å². The summed E-state index contributed by atoms with van der Waals surface area (Å²) < 4.78 is 8.94. The van der Waals surface area contributed by atoms with Crippen LogP contribution in [0.5, 0.6) is 5.88 Å². The summed E-state index contributed by atoms with van der Waals surface area (Å²) in [5.74, 6) is 1.16. The molecule has 0 aliphatic heterocycles. The fourth-order valence-corrected chi connectivity index (χ4v) is 2.42. The molecule has 3 aromatic rings. The summed E-state index contributed by atoms with van der Waals surface area (Å²) in [7, 11) is 3.44. The first kappa shape index (κ1) is 13.8. The SMILES string of the molecule is COc1ncnc2c1nc(C(C)Cl)n2Cc1ccn(C)n1. The van der Waals surface area contributed by atoms with E-state index >= 15 is 0 Å². The van der Waals surface area contributed by atoms with Crippen LogP contribution in [0.2, 0.25) is 0 Å². The van der Waals surface area contributed by atoms with Crippen molar-refractivity contribution in [2.24, 2.45) is 7.05 Å². The number of methoxy groups -OCH3 is 1. The zero-order valence-electron chi connectivity index (χ0n) is 12.0. The number of alkyl halides is 1. The summed E-state index contributed by atoms with van der Waals surface area (Å²) in [6, 6.07) is 1.95. The van der Waals surface area contributed by atoms with Crippen molar-refractivity contribution in [1.82, 2.24) is 29.3 Å². The predicted molar refractivity (Wildman–Crippen MR) is 78.5 cm³/mol. The van der Waals surface area contributed by atoms with Gasteiger partial charge in [0.1, 0.15) is 12.2 Å². The summed E-state index contributed by atoms with van der Waals surface area (Å²) in [4.78, 5) is 12.9. The van der Waals surface area contributed by atoms with Gasteiger partial charge in [-0.15, -0.1) is 11.6 Å². The van der Waals surface area contributed by atoms with E-state index in [2.05, 4.69) is 20.1 Å². The molecule has 0 fully saturated rings. The highest BCUT2D eigenvalue weighted by molar-refractivity contribution is 6.20. The molecule has 8 heteroatoms. The van der Waals surface area contributed by atoms with Gasteiger partial charge in [0.15, 0.2) is 11.2 Å². The molecular weight excluding hydrogens is 292 g/mol. The van der Waals surface area contributed by atoms with Gasteiger partial charge in [0.2, 0.25) is 5.88 Å². The molecule has 0 saturated heterocycles. The number of aryl methyl sites for hydroxylation is 1. The van der Waals surface area contributed by atoms with Gasteiger partial charge >= 0.3 is 0 Å². The number of halogens is 1. The summed E-state index contributed by atoms with van der Waals surface area (Å²) in [5.41, 5.74) is 2.21. The van der Waals surface area contributed by atoms with Crippen LogP contribution in [-0.2, 0) is 13.6 Å². The van der Waals surface area contributed by atoms with Gasteiger partial charge in [-0.25, -0.2) is 9.97 Å². The van der Waals surface area contributed by atoms with Crippen LogP contribution in [0.1, 0.15) is 23.8 Å². The topological polar surface area (TPSA) is 70.7 Å². The largest absolute Gasteiger partial charge is 0.479 e. The van der Waals surface area contributed by atoms with E-state index in [1.54, 1.807) is 11.8 Å². The zero-order chi connectivity index (χ0) is 15.0. The molecule has 7 nitrogen and oxygen atoms in total. The third kappa shape index (κ3) is 2.44. The van der Waals surface area contributed by atoms with Gasteiger partial charge in [0.05, 0.1) is 24.7 Å². The quantitative estimate of drug-likeness (QED) is 0.689. The van der Waals surface area contributed by atoms with Crippen LogP contribution in [-0.4, -0.2) is 36.4 Å². The van der Waals surface area contributed by atoms with E-state index < -0.39 is 0 Å². The Morgan fingerprint density at radius 3 is 2.81 bits per heavy atom. The Labute approximate surface area is 126 Å². The minimum atomic E-state index is -0.257. The van der Waals surface area contributed by atoms with Crippen molar-refractivity contribution < 1.29 is 4.74 Å². The first-order chi connectivity index (χ1) is 10.1. The molecule has 0 aliphatic rings. The molecule has 0 radical (unpaired) electrons. The van der Waals surface area contributed by atoms with Crippen molar-refractivity contribution in [3.63, 3.8) is 0 Å². The van der Waals surface area contributed by atoms with Crippen LogP contribution >= 0.6 is 11.6 Å². The van der Waals surface area contributed by atoms with Crippen LogP contribution in [0.3, 0.4) is 0 Å². The normalized spacial score (nSPS) is 12.8. The first-order valence-electron chi connectivity index (χ1n) is 6.48. The van der Waals surface area contributed by atoms with Crippen molar-refractivity contribution >= 4 is 22.8 Å². The highest BCUT2D eigenvalue weighted by atomic mass is 35.5. The highest BCUT2D eigenvalue weighted by Gasteiger charge is 2.20. The maximum atomic E-state index is 6.25. The maximum Gasteiger partial charge on any atom is 0.245 e. The fraction of sp³-hybridized carbons (Fsp3) is 0.385. The monoisotopic (exact) mass is 306 g/mol. The van der Waals surface area contributed by atoms with Crippen molar-refractivity contribution in [2.45, 2.75) is 18.8 Å². The fourth-order valence-electron chi connectivity index (χ4n) is 2.25. The smallest absolute Gasteiger partial charge is 0.245 e. The molecule has 21 heavy (non-hydrogen) atoms. The summed E-state index contributed by atoms with van der Waals surface area (Å²) in [6.45, 7) is 2.42. The lowest BCUT2D eigenvalue weighted by Gasteiger charge is -2.08. The average molecular weight is 307 g/mol. The molecule has 110 valence electrons. The van der Waals surface area contributed by atoms with E-state index in [4.69, 9.17) is 16.3 Å². The van der Waals surface area contributed by atoms with Crippen molar-refractivity contribution in [3.8, 4) is 5.88 Å². The lowest BCUT2D eigenvalue weighted by molar-refractivity contribution is 0.401. The molecule has 0 aliphatic carbocycles. The standard InChI is InChI=1S/C13H15ClN6O/c1-8(14)11-17-10-12(15-7-16-13(10)21-3)20(11)6-9-4-5-19(2)18-9/h4-5,7-8H,6H2,1-3H3. The maximum absolute atomic E-state index is 6.25. The van der Waals surface area contributed by atoms with E-state index in [0.29, 0.717) is 23.6 Å². The van der Waals surface area contributed by atoms with Gasteiger partial charge in [0.25, 0.3) is 0 Å². The Hall–Kier alpha value is -2.15. The van der Waals surface area contributed by atoms with E-state index in [1.807, 2.05) is 30.8 Å². The molecule has 1 atom stereocenters. The van der Waals surface area contributed by atoms with E-state index in [0.717, 1.165) is 11.5 Å². The molecule has 3 rings (SSSR count). The van der Waals surface area contributed by atoms with E-state index in [1.165, 1.54) is 6.33 Å². The zero-order valence-corrected chi connectivity index (χ0v) is 12.7. The lowest BCUT2D eigenvalue weighted by atomic mass is 10.4. The highest BCUT2D eigenvalue weighted by Crippen LogP contribution is 2.27. The van der Waals surface area contributed by atoms with Crippen LogP contribution in [0, 0.1) is 0 Å². The van der Waals surface area contributed by atoms with Crippen molar-refractivity contribution in [3.05, 3.63) is 30.1 Å². The minimum absolute atomic E-state index is 0.257. The average Bonchev–Trinajstić information content (AvgIpc) is 3.03. The molecule has 1 unspecified atom stereocenters. The minimum Gasteiger partial charge on any atom is -0.479 e. The third-order valence-electron chi connectivity index (χ3n) is 3.17. The number of nitrogens with zero attached hydrogens (tertiary/aromatic N) is 6. The predicted octanol–water partition coefficient (Wildman–Crippen LogP) is 1.92. The molecule has 0 spiro atoms. The lowest BCUT2D eigenvalue weighted by Crippen LogP contribution is -2.07. The number of fused-ring (bicyclic) bond motifs is 1. The molecule has 0 bridgehead atoms. The van der Waals surface area contributed by atoms with Crippen molar-refractivity contribution in [2.75, 3.05) is 7.11 Å². The Balaban J connectivity index is 2.16. The number of hydrogen-bond donors (Lipinski definition) is 0. The molecule has 0 saturated carbocycles. The molecular formula is C13H15ClN6O. The van der Waals surface area contributed by atoms with Crippen LogP contribution in [0.4, 0.5) is 0 Å². The van der Waals surface area contributed by atoms with Gasteiger partial charge in [-0.05, 0) is 13.0 Å². The van der Waals surface area contributed by atoms with Gasteiger partial charge in [-0.3, -0.25) is 4.68 Å². The Morgan fingerprint density at radius 1 is 1.38 bits per heavy atom. The molecule has 3 aromatic heterocycles. The Bertz CT molecular complexity index is 778. The third-order valence-corrected chi connectivity index (χ3v) is 3.36. The van der Waals surface area contributed by atoms with Crippen molar-refractivity contribution in [1.29, 1.82) is 0 Å². The first-order valence-corrected chi connectivity index (χ1v) is 6.91. The molecule has 3 heterocycles. The second-order valence-corrected chi connectivity index (χ2v) is 5.36. The van der Waals surface area contributed by atoms with E-state index in [9.17, 15) is 0 Å². The van der Waals surface area contributed by atoms with Crippen LogP contribution in [0.15, 0.2) is 18.6 Å². The molecule has 0 N–H and O–H groups in total. The Kier molecular flexibility index (Phi) is 3.50. The van der Waals surface area contributed by atoms with Gasteiger partial charge in [-0.1, -0.05) is 0 Å². The Morgan fingerprint density at radius 2 is 2.19 bits per heavy atom. The number of hydrogen-bond acceptors (Lipinski definition) is 5. The second-order valence-electron chi connectivity index (χ2n) is 4.71. The number of aromatic nitrogens is 6. The number of imidazole rings is 1. The van der Waals surface area contributed by atoms with Crippen LogP contribution < -0.4 is 4.74 Å². The number of rotatable bonds is 4. The molecule has 0 aromatic carbocycles. The summed E-state index contributed by atoms with van der Waals surface area (Å²) >= 11 is 6.25. The van der Waals surface area contributed by atoms with E-state index in [-0.39, 0.29) is 5.38 Å². The second kappa shape index (κ2) is 5.33. The van der Waals surface area contributed by atoms with Gasteiger partial charge in [0, 0.05) is 13.2 Å². The number of ether oxygens (including phenoxy) is 1. The summed E-state index contributed by atoms with van der Waals surface area (Å²) in [5, 5.41) is 4.13. The van der Waals surface area contributed by atoms with Crippen LogP contribution in [0.25, 0.3) is 11.2 Å².